The third-order valence-corrected chi connectivity index (χ3v) is 4.56. The SMILES string of the molecule is CSC(C)CN1C(=O)C(C(C)C)NC(=O)C1C(C)C. The van der Waals surface area contributed by atoms with Crippen molar-refractivity contribution in [3.63, 3.8) is 0 Å². The maximum Gasteiger partial charge on any atom is 0.246 e. The normalized spacial score (nSPS) is 26.0. The molecule has 110 valence electrons. The summed E-state index contributed by atoms with van der Waals surface area (Å²) in [5.41, 5.74) is 0. The molecule has 1 N–H and O–H groups in total. The molecule has 1 aliphatic rings. The molecule has 3 unspecified atom stereocenters. The molecule has 0 aromatic carbocycles. The van der Waals surface area contributed by atoms with Gasteiger partial charge in [-0.2, -0.15) is 11.8 Å². The van der Waals surface area contributed by atoms with E-state index in [-0.39, 0.29) is 35.7 Å². The molecule has 3 atom stereocenters. The van der Waals surface area contributed by atoms with E-state index in [1.807, 2.05) is 34.0 Å². The predicted molar refractivity (Wildman–Crippen MR) is 80.1 cm³/mol. The zero-order valence-electron chi connectivity index (χ0n) is 12.8. The van der Waals surface area contributed by atoms with E-state index in [4.69, 9.17) is 0 Å². The minimum absolute atomic E-state index is 0.0124. The molecule has 1 rings (SSSR count). The van der Waals surface area contributed by atoms with E-state index in [1.165, 1.54) is 0 Å². The summed E-state index contributed by atoms with van der Waals surface area (Å²) < 4.78 is 0. The Morgan fingerprint density at radius 2 is 1.74 bits per heavy atom. The molecule has 0 radical (unpaired) electrons. The molecule has 5 heteroatoms. The molecule has 1 aliphatic heterocycles. The van der Waals surface area contributed by atoms with Crippen molar-refractivity contribution >= 4 is 23.6 Å². The molecule has 0 aromatic rings. The lowest BCUT2D eigenvalue weighted by Gasteiger charge is -2.42. The van der Waals surface area contributed by atoms with E-state index < -0.39 is 0 Å². The highest BCUT2D eigenvalue weighted by Crippen LogP contribution is 2.22. The second-order valence-electron chi connectivity index (χ2n) is 5.96. The largest absolute Gasteiger partial charge is 0.342 e. The van der Waals surface area contributed by atoms with Gasteiger partial charge in [0, 0.05) is 11.8 Å². The Kier molecular flexibility index (Phi) is 5.71. The van der Waals surface area contributed by atoms with Crippen molar-refractivity contribution in [2.45, 2.75) is 52.0 Å². The van der Waals surface area contributed by atoms with Crippen molar-refractivity contribution in [1.29, 1.82) is 0 Å². The van der Waals surface area contributed by atoms with Gasteiger partial charge in [0.2, 0.25) is 11.8 Å². The molecule has 4 nitrogen and oxygen atoms in total. The van der Waals surface area contributed by atoms with Crippen LogP contribution in [0.25, 0.3) is 0 Å². The second kappa shape index (κ2) is 6.64. The molecule has 2 amide bonds. The molecule has 1 heterocycles. The van der Waals surface area contributed by atoms with Crippen LogP contribution in [-0.4, -0.2) is 46.8 Å². The second-order valence-corrected chi connectivity index (χ2v) is 7.23. The Morgan fingerprint density at radius 3 is 2.16 bits per heavy atom. The Morgan fingerprint density at radius 1 is 1.16 bits per heavy atom. The zero-order valence-corrected chi connectivity index (χ0v) is 13.6. The van der Waals surface area contributed by atoms with Gasteiger partial charge >= 0.3 is 0 Å². The number of nitrogens with zero attached hydrogens (tertiary/aromatic N) is 1. The van der Waals surface area contributed by atoms with Crippen LogP contribution in [0, 0.1) is 11.8 Å². The fourth-order valence-electron chi connectivity index (χ4n) is 2.43. The molecule has 0 spiro atoms. The number of nitrogens with one attached hydrogen (secondary N) is 1. The third kappa shape index (κ3) is 3.65. The third-order valence-electron chi connectivity index (χ3n) is 3.61. The number of hydrogen-bond donors (Lipinski definition) is 1. The first-order valence-electron chi connectivity index (χ1n) is 6.93. The van der Waals surface area contributed by atoms with Gasteiger partial charge in [-0.3, -0.25) is 9.59 Å². The first kappa shape index (κ1) is 16.3. The van der Waals surface area contributed by atoms with Gasteiger partial charge in [-0.25, -0.2) is 0 Å². The van der Waals surface area contributed by atoms with E-state index in [1.54, 1.807) is 16.7 Å². The number of thioether (sulfide) groups is 1. The molecular formula is C14H26N2O2S. The van der Waals surface area contributed by atoms with E-state index >= 15 is 0 Å². The Bertz CT molecular complexity index is 344. The molecular weight excluding hydrogens is 260 g/mol. The predicted octanol–water partition coefficient (Wildman–Crippen LogP) is 1.75. The maximum absolute atomic E-state index is 12.6. The van der Waals surface area contributed by atoms with Crippen molar-refractivity contribution < 1.29 is 9.59 Å². The number of rotatable bonds is 5. The summed E-state index contributed by atoms with van der Waals surface area (Å²) in [5.74, 6) is 0.304. The average Bonchev–Trinajstić information content (AvgIpc) is 2.32. The number of carbonyl (C=O) groups excluding carboxylic acids is 2. The van der Waals surface area contributed by atoms with Gasteiger partial charge in [-0.05, 0) is 18.1 Å². The molecule has 1 saturated heterocycles. The number of amides is 2. The topological polar surface area (TPSA) is 49.4 Å². The average molecular weight is 286 g/mol. The summed E-state index contributed by atoms with van der Waals surface area (Å²) >= 11 is 1.72. The lowest BCUT2D eigenvalue weighted by Crippen LogP contribution is -2.66. The quantitative estimate of drug-likeness (QED) is 0.837. The smallest absolute Gasteiger partial charge is 0.246 e. The molecule has 0 aromatic heterocycles. The minimum Gasteiger partial charge on any atom is -0.342 e. The van der Waals surface area contributed by atoms with E-state index in [0.717, 1.165) is 0 Å². The van der Waals surface area contributed by atoms with Gasteiger partial charge in [-0.1, -0.05) is 34.6 Å². The Labute approximate surface area is 120 Å². The highest BCUT2D eigenvalue weighted by atomic mass is 32.2. The van der Waals surface area contributed by atoms with Crippen molar-refractivity contribution in [2.75, 3.05) is 12.8 Å². The molecule has 0 aliphatic carbocycles. The number of hydrogen-bond acceptors (Lipinski definition) is 3. The van der Waals surface area contributed by atoms with Crippen LogP contribution < -0.4 is 5.32 Å². The van der Waals surface area contributed by atoms with Gasteiger partial charge in [0.25, 0.3) is 0 Å². The van der Waals surface area contributed by atoms with Crippen LogP contribution in [0.4, 0.5) is 0 Å². The highest BCUT2D eigenvalue weighted by molar-refractivity contribution is 7.99. The van der Waals surface area contributed by atoms with Gasteiger partial charge in [0.05, 0.1) is 0 Å². The number of piperazine rings is 1. The number of carbonyl (C=O) groups is 2. The summed E-state index contributed by atoms with van der Waals surface area (Å²) in [5, 5.41) is 3.22. The summed E-state index contributed by atoms with van der Waals surface area (Å²) in [6.07, 6.45) is 2.03. The van der Waals surface area contributed by atoms with Crippen LogP contribution in [0.1, 0.15) is 34.6 Å². The zero-order chi connectivity index (χ0) is 14.7. The first-order valence-corrected chi connectivity index (χ1v) is 8.22. The molecule has 19 heavy (non-hydrogen) atoms. The van der Waals surface area contributed by atoms with Crippen molar-refractivity contribution in [2.24, 2.45) is 11.8 Å². The minimum atomic E-state index is -0.378. The van der Waals surface area contributed by atoms with Gasteiger partial charge in [-0.15, -0.1) is 0 Å². The Balaban J connectivity index is 2.99. The molecule has 1 fully saturated rings. The highest BCUT2D eigenvalue weighted by Gasteiger charge is 2.43. The van der Waals surface area contributed by atoms with Gasteiger partial charge in [0.15, 0.2) is 0 Å². The lowest BCUT2D eigenvalue weighted by molar-refractivity contribution is -0.152. The van der Waals surface area contributed by atoms with E-state index in [9.17, 15) is 9.59 Å². The fraction of sp³-hybridized carbons (Fsp3) is 0.857. The van der Waals surface area contributed by atoms with Crippen LogP contribution in [0.3, 0.4) is 0 Å². The fourth-order valence-corrected chi connectivity index (χ4v) is 2.74. The summed E-state index contributed by atoms with van der Waals surface area (Å²) in [6.45, 7) is 10.6. The van der Waals surface area contributed by atoms with Gasteiger partial charge in [0.1, 0.15) is 12.1 Å². The van der Waals surface area contributed by atoms with Crippen molar-refractivity contribution in [3.05, 3.63) is 0 Å². The monoisotopic (exact) mass is 286 g/mol. The van der Waals surface area contributed by atoms with Crippen LogP contribution in [0.2, 0.25) is 0 Å². The standard InChI is InChI=1S/C14H26N2O2S/c1-8(2)11-14(18)16(7-10(5)19-6)12(9(3)4)13(17)15-11/h8-12H,7H2,1-6H3,(H,15,17). The molecule has 0 saturated carbocycles. The van der Waals surface area contributed by atoms with Crippen LogP contribution in [0.5, 0.6) is 0 Å². The van der Waals surface area contributed by atoms with Gasteiger partial charge < -0.3 is 10.2 Å². The lowest BCUT2D eigenvalue weighted by atomic mass is 9.93. The van der Waals surface area contributed by atoms with Crippen molar-refractivity contribution in [1.82, 2.24) is 10.2 Å². The van der Waals surface area contributed by atoms with Crippen LogP contribution >= 0.6 is 11.8 Å². The summed E-state index contributed by atoms with van der Waals surface area (Å²) in [7, 11) is 0. The first-order chi connectivity index (χ1) is 8.79. The maximum atomic E-state index is 12.6. The summed E-state index contributed by atoms with van der Waals surface area (Å²) in [6, 6.07) is -0.714. The molecule has 0 bridgehead atoms. The van der Waals surface area contributed by atoms with E-state index in [2.05, 4.69) is 12.2 Å². The van der Waals surface area contributed by atoms with Crippen LogP contribution in [-0.2, 0) is 9.59 Å². The van der Waals surface area contributed by atoms with Crippen LogP contribution in [0.15, 0.2) is 0 Å². The van der Waals surface area contributed by atoms with E-state index in [0.29, 0.717) is 11.8 Å². The summed E-state index contributed by atoms with van der Waals surface area (Å²) in [4.78, 5) is 26.6. The Hall–Kier alpha value is -0.710. The van der Waals surface area contributed by atoms with Crippen molar-refractivity contribution in [3.8, 4) is 0 Å².